The molecule has 1 N–H and O–H groups in total. The lowest BCUT2D eigenvalue weighted by Gasteiger charge is -2.23. The van der Waals surface area contributed by atoms with Gasteiger partial charge in [0.2, 0.25) is 0 Å². The van der Waals surface area contributed by atoms with Gasteiger partial charge >= 0.3 is 0 Å². The van der Waals surface area contributed by atoms with E-state index in [1.54, 1.807) is 31.4 Å². The van der Waals surface area contributed by atoms with E-state index in [4.69, 9.17) is 9.47 Å². The average molecular weight is 272 g/mol. The maximum absolute atomic E-state index is 9.31. The fourth-order valence-electron chi connectivity index (χ4n) is 1.97. The molecule has 3 heteroatoms. The summed E-state index contributed by atoms with van der Waals surface area (Å²) in [4.78, 5) is 0. The van der Waals surface area contributed by atoms with Crippen molar-refractivity contribution in [1.29, 1.82) is 0 Å². The van der Waals surface area contributed by atoms with Crippen LogP contribution in [0.2, 0.25) is 0 Å². The predicted molar refractivity (Wildman–Crippen MR) is 79.9 cm³/mol. The van der Waals surface area contributed by atoms with Gasteiger partial charge in [0, 0.05) is 11.6 Å². The third kappa shape index (κ3) is 3.23. The number of methoxy groups -OCH3 is 1. The highest BCUT2D eigenvalue weighted by Crippen LogP contribution is 2.36. The molecule has 0 unspecified atom stereocenters. The van der Waals surface area contributed by atoms with E-state index in [2.05, 4.69) is 20.8 Å². The smallest absolute Gasteiger partial charge is 0.134 e. The SMILES string of the molecule is COc1ccc(C(C)(C)C)c(Oc2ccc(O)cc2)c1. The predicted octanol–water partition coefficient (Wildman–Crippen LogP) is 4.49. The van der Waals surface area contributed by atoms with Crippen molar-refractivity contribution in [2.45, 2.75) is 26.2 Å². The summed E-state index contributed by atoms with van der Waals surface area (Å²) in [5.41, 5.74) is 1.07. The molecular weight excluding hydrogens is 252 g/mol. The maximum Gasteiger partial charge on any atom is 0.134 e. The highest BCUT2D eigenvalue weighted by molar-refractivity contribution is 5.46. The van der Waals surface area contributed by atoms with E-state index in [-0.39, 0.29) is 11.2 Å². The van der Waals surface area contributed by atoms with Crippen molar-refractivity contribution in [2.75, 3.05) is 7.11 Å². The summed E-state index contributed by atoms with van der Waals surface area (Å²) in [6.45, 7) is 6.41. The molecule has 0 aliphatic heterocycles. The molecule has 2 rings (SSSR count). The second-order valence-corrected chi connectivity index (χ2v) is 5.71. The molecule has 20 heavy (non-hydrogen) atoms. The topological polar surface area (TPSA) is 38.7 Å². The summed E-state index contributed by atoms with van der Waals surface area (Å²) >= 11 is 0. The molecule has 0 aliphatic rings. The van der Waals surface area contributed by atoms with Gasteiger partial charge in [-0.25, -0.2) is 0 Å². The highest BCUT2D eigenvalue weighted by Gasteiger charge is 2.20. The number of hydrogen-bond acceptors (Lipinski definition) is 3. The first-order valence-corrected chi connectivity index (χ1v) is 6.55. The standard InChI is InChI=1S/C17H20O3/c1-17(2,3)15-10-9-14(19-4)11-16(15)20-13-7-5-12(18)6-8-13/h5-11,18H,1-4H3. The third-order valence-electron chi connectivity index (χ3n) is 3.06. The first kappa shape index (κ1) is 14.3. The molecule has 0 heterocycles. The van der Waals surface area contributed by atoms with E-state index in [9.17, 15) is 5.11 Å². The van der Waals surface area contributed by atoms with Gasteiger partial charge in [0.15, 0.2) is 0 Å². The van der Waals surface area contributed by atoms with Gasteiger partial charge in [-0.3, -0.25) is 0 Å². The van der Waals surface area contributed by atoms with E-state index in [1.165, 1.54) is 0 Å². The number of ether oxygens (including phenoxy) is 2. The Bertz CT molecular complexity index is 580. The normalized spacial score (nSPS) is 11.2. The minimum Gasteiger partial charge on any atom is -0.508 e. The zero-order valence-corrected chi connectivity index (χ0v) is 12.3. The molecule has 0 bridgehead atoms. The van der Waals surface area contributed by atoms with Gasteiger partial charge in [-0.15, -0.1) is 0 Å². The molecule has 0 saturated carbocycles. The Hall–Kier alpha value is -2.16. The molecule has 106 valence electrons. The van der Waals surface area contributed by atoms with Crippen LogP contribution in [0, 0.1) is 0 Å². The van der Waals surface area contributed by atoms with E-state index in [1.807, 2.05) is 18.2 Å². The number of benzene rings is 2. The van der Waals surface area contributed by atoms with E-state index in [0.29, 0.717) is 5.75 Å². The largest absolute Gasteiger partial charge is 0.508 e. The first-order valence-electron chi connectivity index (χ1n) is 6.55. The molecule has 0 radical (unpaired) electrons. The van der Waals surface area contributed by atoms with Gasteiger partial charge in [0.05, 0.1) is 7.11 Å². The summed E-state index contributed by atoms with van der Waals surface area (Å²) in [5.74, 6) is 2.43. The zero-order valence-electron chi connectivity index (χ0n) is 12.3. The van der Waals surface area contributed by atoms with Gasteiger partial charge in [0.1, 0.15) is 23.0 Å². The van der Waals surface area contributed by atoms with Crippen LogP contribution in [0.5, 0.6) is 23.0 Å². The molecule has 0 aliphatic carbocycles. The Morgan fingerprint density at radius 3 is 2.05 bits per heavy atom. The van der Waals surface area contributed by atoms with Crippen LogP contribution >= 0.6 is 0 Å². The minimum absolute atomic E-state index is 0.0292. The van der Waals surface area contributed by atoms with Crippen LogP contribution < -0.4 is 9.47 Å². The van der Waals surface area contributed by atoms with Crippen molar-refractivity contribution in [3.8, 4) is 23.0 Å². The lowest BCUT2D eigenvalue weighted by atomic mass is 9.86. The first-order chi connectivity index (χ1) is 9.40. The quantitative estimate of drug-likeness (QED) is 0.894. The third-order valence-corrected chi connectivity index (χ3v) is 3.06. The second-order valence-electron chi connectivity index (χ2n) is 5.71. The van der Waals surface area contributed by atoms with Crippen LogP contribution in [-0.4, -0.2) is 12.2 Å². The van der Waals surface area contributed by atoms with Crippen molar-refractivity contribution in [2.24, 2.45) is 0 Å². The Morgan fingerprint density at radius 1 is 0.900 bits per heavy atom. The van der Waals surface area contributed by atoms with E-state index >= 15 is 0 Å². The number of rotatable bonds is 3. The molecule has 2 aromatic carbocycles. The number of phenolic OH excluding ortho intramolecular Hbond substituents is 1. The van der Waals surface area contributed by atoms with Crippen LogP contribution in [-0.2, 0) is 5.41 Å². The second kappa shape index (κ2) is 5.45. The summed E-state index contributed by atoms with van der Waals surface area (Å²) in [7, 11) is 1.64. The van der Waals surface area contributed by atoms with Crippen molar-refractivity contribution in [1.82, 2.24) is 0 Å². The van der Waals surface area contributed by atoms with Crippen LogP contribution in [0.15, 0.2) is 42.5 Å². The van der Waals surface area contributed by atoms with Gasteiger partial charge in [0.25, 0.3) is 0 Å². The van der Waals surface area contributed by atoms with Crippen molar-refractivity contribution in [3.63, 3.8) is 0 Å². The fourth-order valence-corrected chi connectivity index (χ4v) is 1.97. The van der Waals surface area contributed by atoms with Gasteiger partial charge < -0.3 is 14.6 Å². The van der Waals surface area contributed by atoms with Gasteiger partial charge in [-0.05, 0) is 35.7 Å². The van der Waals surface area contributed by atoms with Crippen molar-refractivity contribution in [3.05, 3.63) is 48.0 Å². The minimum atomic E-state index is -0.0292. The molecule has 0 spiro atoms. The van der Waals surface area contributed by atoms with Gasteiger partial charge in [-0.2, -0.15) is 0 Å². The van der Waals surface area contributed by atoms with Crippen LogP contribution in [0.4, 0.5) is 0 Å². The summed E-state index contributed by atoms with van der Waals surface area (Å²) in [6, 6.07) is 12.5. The van der Waals surface area contributed by atoms with Crippen molar-refractivity contribution < 1.29 is 14.6 Å². The fraction of sp³-hybridized carbons (Fsp3) is 0.294. The number of aromatic hydroxyl groups is 1. The molecule has 0 atom stereocenters. The lowest BCUT2D eigenvalue weighted by molar-refractivity contribution is 0.404. The average Bonchev–Trinajstić information content (AvgIpc) is 2.40. The summed E-state index contributed by atoms with van der Waals surface area (Å²) < 4.78 is 11.2. The lowest BCUT2D eigenvalue weighted by Crippen LogP contribution is -2.12. The van der Waals surface area contributed by atoms with Gasteiger partial charge in [-0.1, -0.05) is 26.8 Å². The van der Waals surface area contributed by atoms with Crippen LogP contribution in [0.25, 0.3) is 0 Å². The molecule has 0 amide bonds. The molecule has 2 aromatic rings. The monoisotopic (exact) mass is 272 g/mol. The molecule has 0 fully saturated rings. The summed E-state index contributed by atoms with van der Waals surface area (Å²) in [6.07, 6.45) is 0. The number of phenols is 1. The Labute approximate surface area is 119 Å². The molecule has 3 nitrogen and oxygen atoms in total. The maximum atomic E-state index is 9.31. The molecule has 0 aromatic heterocycles. The Kier molecular flexibility index (Phi) is 3.89. The molecule has 0 saturated heterocycles. The molecular formula is C17H20O3. The zero-order chi connectivity index (χ0) is 14.8. The van der Waals surface area contributed by atoms with Crippen LogP contribution in [0.3, 0.4) is 0 Å². The van der Waals surface area contributed by atoms with E-state index in [0.717, 1.165) is 17.1 Å². The Morgan fingerprint density at radius 2 is 1.50 bits per heavy atom. The highest BCUT2D eigenvalue weighted by atomic mass is 16.5. The number of hydrogen-bond donors (Lipinski definition) is 1. The summed E-state index contributed by atoms with van der Waals surface area (Å²) in [5, 5.41) is 9.31. The Balaban J connectivity index is 2.40. The van der Waals surface area contributed by atoms with Crippen molar-refractivity contribution >= 4 is 0 Å². The van der Waals surface area contributed by atoms with E-state index < -0.39 is 0 Å². The van der Waals surface area contributed by atoms with Crippen LogP contribution in [0.1, 0.15) is 26.3 Å².